The predicted molar refractivity (Wildman–Crippen MR) is 90.6 cm³/mol. The number of hydrogen-bond donors (Lipinski definition) is 3. The van der Waals surface area contributed by atoms with E-state index in [0.717, 1.165) is 30.6 Å². The Hall–Kier alpha value is -2.67. The summed E-state index contributed by atoms with van der Waals surface area (Å²) >= 11 is 0. The minimum absolute atomic E-state index is 0.00100. The molecular weight excluding hydrogens is 306 g/mol. The lowest BCUT2D eigenvalue weighted by Crippen LogP contribution is -2.29. The van der Waals surface area contributed by atoms with E-state index in [0.29, 0.717) is 6.54 Å². The number of aromatic nitrogens is 2. The lowest BCUT2D eigenvalue weighted by Gasteiger charge is -2.17. The molecule has 0 saturated heterocycles. The Bertz CT molecular complexity index is 738. The summed E-state index contributed by atoms with van der Waals surface area (Å²) in [6.45, 7) is 0.554. The third-order valence-corrected chi connectivity index (χ3v) is 4.54. The van der Waals surface area contributed by atoms with Crippen molar-refractivity contribution in [2.45, 2.75) is 19.3 Å². The van der Waals surface area contributed by atoms with Crippen LogP contribution in [0.25, 0.3) is 5.69 Å². The van der Waals surface area contributed by atoms with Crippen molar-refractivity contribution in [1.82, 2.24) is 9.78 Å². The van der Waals surface area contributed by atoms with Gasteiger partial charge in [0.2, 0.25) is 5.91 Å². The number of nitrogens with two attached hydrogens (primary N) is 2. The molecule has 2 amide bonds. The zero-order valence-corrected chi connectivity index (χ0v) is 13.3. The van der Waals surface area contributed by atoms with Crippen LogP contribution in [0.4, 0.5) is 5.69 Å². The highest BCUT2D eigenvalue weighted by molar-refractivity contribution is 5.93. The van der Waals surface area contributed by atoms with E-state index in [4.69, 9.17) is 11.5 Å². The Kier molecular flexibility index (Phi) is 4.61. The van der Waals surface area contributed by atoms with Gasteiger partial charge < -0.3 is 16.8 Å². The summed E-state index contributed by atoms with van der Waals surface area (Å²) in [4.78, 5) is 23.5. The summed E-state index contributed by atoms with van der Waals surface area (Å²) in [6.07, 6.45) is 4.64. The number of rotatable bonds is 5. The van der Waals surface area contributed by atoms with Gasteiger partial charge in [-0.2, -0.15) is 5.10 Å². The van der Waals surface area contributed by atoms with Gasteiger partial charge in [-0.15, -0.1) is 0 Å². The van der Waals surface area contributed by atoms with Gasteiger partial charge >= 0.3 is 0 Å². The van der Waals surface area contributed by atoms with Crippen LogP contribution in [0, 0.1) is 11.8 Å². The van der Waals surface area contributed by atoms with Crippen LogP contribution in [0.15, 0.2) is 36.5 Å². The fourth-order valence-corrected chi connectivity index (χ4v) is 3.20. The highest BCUT2D eigenvalue weighted by Crippen LogP contribution is 2.31. The van der Waals surface area contributed by atoms with Crippen molar-refractivity contribution in [2.75, 3.05) is 11.9 Å². The zero-order valence-electron chi connectivity index (χ0n) is 13.3. The summed E-state index contributed by atoms with van der Waals surface area (Å²) in [6, 6.07) is 8.83. The zero-order chi connectivity index (χ0) is 17.1. The van der Waals surface area contributed by atoms with Crippen molar-refractivity contribution in [3.8, 4) is 5.69 Å². The van der Waals surface area contributed by atoms with Crippen LogP contribution in [0.1, 0.15) is 29.8 Å². The molecule has 1 saturated carbocycles. The maximum atomic E-state index is 12.4. The number of carbonyl (C=O) groups is 2. The van der Waals surface area contributed by atoms with Crippen molar-refractivity contribution in [3.05, 3.63) is 42.2 Å². The summed E-state index contributed by atoms with van der Waals surface area (Å²) in [5, 5.41) is 7.05. The van der Waals surface area contributed by atoms with E-state index >= 15 is 0 Å². The summed E-state index contributed by atoms with van der Waals surface area (Å²) < 4.78 is 1.56. The van der Waals surface area contributed by atoms with Crippen LogP contribution in [0.5, 0.6) is 0 Å². The number of amides is 2. The van der Waals surface area contributed by atoms with E-state index in [9.17, 15) is 9.59 Å². The lowest BCUT2D eigenvalue weighted by molar-refractivity contribution is -0.120. The molecular formula is C17H21N5O2. The fraction of sp³-hybridized carbons (Fsp3) is 0.353. The number of primary amides is 1. The van der Waals surface area contributed by atoms with Gasteiger partial charge in [0.15, 0.2) is 0 Å². The van der Waals surface area contributed by atoms with E-state index in [1.54, 1.807) is 16.9 Å². The SMILES string of the molecule is NC[C@H]1CCC[C@H]1C(=O)Nc1ccc(-n2ccc(C(N)=O)n2)cc1. The molecule has 1 heterocycles. The maximum absolute atomic E-state index is 12.4. The highest BCUT2D eigenvalue weighted by atomic mass is 16.2. The molecule has 1 aliphatic rings. The summed E-state index contributed by atoms with van der Waals surface area (Å²) in [5.74, 6) is -0.256. The van der Waals surface area contributed by atoms with Crippen LogP contribution in [-0.2, 0) is 4.79 Å². The Labute approximate surface area is 140 Å². The van der Waals surface area contributed by atoms with Gasteiger partial charge in [-0.1, -0.05) is 6.42 Å². The van der Waals surface area contributed by atoms with Gasteiger partial charge in [0.25, 0.3) is 5.91 Å². The molecule has 0 unspecified atom stereocenters. The van der Waals surface area contributed by atoms with Crippen molar-refractivity contribution in [3.63, 3.8) is 0 Å². The van der Waals surface area contributed by atoms with Crippen LogP contribution >= 0.6 is 0 Å². The normalized spacial score (nSPS) is 20.0. The average molecular weight is 327 g/mol. The molecule has 1 aromatic heterocycles. The molecule has 0 radical (unpaired) electrons. The first-order chi connectivity index (χ1) is 11.6. The van der Waals surface area contributed by atoms with E-state index in [1.807, 2.05) is 24.3 Å². The predicted octanol–water partition coefficient (Wildman–Crippen LogP) is 1.28. The van der Waals surface area contributed by atoms with Gasteiger partial charge in [-0.25, -0.2) is 4.68 Å². The quantitative estimate of drug-likeness (QED) is 0.767. The first-order valence-electron chi connectivity index (χ1n) is 8.05. The van der Waals surface area contributed by atoms with Gasteiger partial charge in [-0.05, 0) is 55.6 Å². The number of nitrogens with zero attached hydrogens (tertiary/aromatic N) is 2. The molecule has 126 valence electrons. The summed E-state index contributed by atoms with van der Waals surface area (Å²) in [5.41, 5.74) is 12.7. The second-order valence-electron chi connectivity index (χ2n) is 6.08. The molecule has 0 bridgehead atoms. The molecule has 0 spiro atoms. The van der Waals surface area contributed by atoms with Gasteiger partial charge in [0.05, 0.1) is 5.69 Å². The average Bonchev–Trinajstić information content (AvgIpc) is 3.24. The summed E-state index contributed by atoms with van der Waals surface area (Å²) in [7, 11) is 0. The Morgan fingerprint density at radius 2 is 1.96 bits per heavy atom. The third kappa shape index (κ3) is 3.30. The van der Waals surface area contributed by atoms with Crippen molar-refractivity contribution >= 4 is 17.5 Å². The van der Waals surface area contributed by atoms with E-state index < -0.39 is 5.91 Å². The molecule has 2 atom stereocenters. The van der Waals surface area contributed by atoms with E-state index in [1.165, 1.54) is 0 Å². The van der Waals surface area contributed by atoms with E-state index in [-0.39, 0.29) is 23.4 Å². The molecule has 1 fully saturated rings. The first kappa shape index (κ1) is 16.2. The van der Waals surface area contributed by atoms with Crippen LogP contribution < -0.4 is 16.8 Å². The number of carbonyl (C=O) groups excluding carboxylic acids is 2. The van der Waals surface area contributed by atoms with Crippen molar-refractivity contribution < 1.29 is 9.59 Å². The second-order valence-corrected chi connectivity index (χ2v) is 6.08. The number of nitrogens with one attached hydrogen (secondary N) is 1. The topological polar surface area (TPSA) is 116 Å². The van der Waals surface area contributed by atoms with Gasteiger partial charge in [-0.3, -0.25) is 9.59 Å². The number of anilines is 1. The Balaban J connectivity index is 1.68. The van der Waals surface area contributed by atoms with E-state index in [2.05, 4.69) is 10.4 Å². The monoisotopic (exact) mass is 327 g/mol. The van der Waals surface area contributed by atoms with Crippen molar-refractivity contribution in [2.24, 2.45) is 23.3 Å². The molecule has 5 N–H and O–H groups in total. The standard InChI is InChI=1S/C17H21N5O2/c18-10-11-2-1-3-14(11)17(24)20-12-4-6-13(7-5-12)22-9-8-15(21-22)16(19)23/h4-9,11,14H,1-3,10,18H2,(H2,19,23)(H,20,24)/t11-,14-/m1/s1. The van der Waals surface area contributed by atoms with Crippen molar-refractivity contribution in [1.29, 1.82) is 0 Å². The molecule has 7 nitrogen and oxygen atoms in total. The Morgan fingerprint density at radius 3 is 2.58 bits per heavy atom. The first-order valence-corrected chi connectivity index (χ1v) is 8.05. The maximum Gasteiger partial charge on any atom is 0.269 e. The highest BCUT2D eigenvalue weighted by Gasteiger charge is 2.31. The van der Waals surface area contributed by atoms with Gasteiger partial charge in [0.1, 0.15) is 5.69 Å². The molecule has 7 heteroatoms. The molecule has 3 rings (SSSR count). The number of benzene rings is 1. The minimum atomic E-state index is -0.566. The van der Waals surface area contributed by atoms with Gasteiger partial charge in [0, 0.05) is 17.8 Å². The molecule has 24 heavy (non-hydrogen) atoms. The largest absolute Gasteiger partial charge is 0.364 e. The lowest BCUT2D eigenvalue weighted by atomic mass is 9.95. The molecule has 2 aromatic rings. The second kappa shape index (κ2) is 6.84. The van der Waals surface area contributed by atoms with Crippen LogP contribution in [0.3, 0.4) is 0 Å². The third-order valence-electron chi connectivity index (χ3n) is 4.54. The minimum Gasteiger partial charge on any atom is -0.364 e. The van der Waals surface area contributed by atoms with Crippen LogP contribution in [0.2, 0.25) is 0 Å². The number of hydrogen-bond acceptors (Lipinski definition) is 4. The Morgan fingerprint density at radius 1 is 1.21 bits per heavy atom. The fourth-order valence-electron chi connectivity index (χ4n) is 3.20. The van der Waals surface area contributed by atoms with Crippen LogP contribution in [-0.4, -0.2) is 28.1 Å². The molecule has 0 aliphatic heterocycles. The molecule has 1 aliphatic carbocycles. The smallest absolute Gasteiger partial charge is 0.269 e. The molecule has 1 aromatic carbocycles.